The molecule has 1 atom stereocenters. The van der Waals surface area contributed by atoms with E-state index >= 15 is 0 Å². The molecule has 1 aromatic heterocycles. The average molecular weight is 279 g/mol. The monoisotopic (exact) mass is 279 g/mol. The fourth-order valence-electron chi connectivity index (χ4n) is 2.79. The van der Waals surface area contributed by atoms with Crippen molar-refractivity contribution in [2.45, 2.75) is 12.6 Å². The third-order valence-corrected chi connectivity index (χ3v) is 3.98. The van der Waals surface area contributed by atoms with Crippen LogP contribution < -0.4 is 4.74 Å². The highest BCUT2D eigenvalue weighted by molar-refractivity contribution is 5.87. The summed E-state index contributed by atoms with van der Waals surface area (Å²) in [4.78, 5) is 0. The maximum absolute atomic E-state index is 5.42. The van der Waals surface area contributed by atoms with Gasteiger partial charge in [-0.2, -0.15) is 0 Å². The molecule has 1 fully saturated rings. The third kappa shape index (κ3) is 2.30. The highest BCUT2D eigenvalue weighted by Crippen LogP contribution is 2.31. The van der Waals surface area contributed by atoms with Crippen molar-refractivity contribution in [1.82, 2.24) is 4.57 Å². The number of fused-ring (bicyclic) bond motifs is 1. The Hall–Kier alpha value is -2.26. The van der Waals surface area contributed by atoms with Crippen molar-refractivity contribution >= 4 is 10.9 Å². The molecular weight excluding hydrogens is 262 g/mol. The minimum absolute atomic E-state index is 0.359. The Morgan fingerprint density at radius 1 is 1.14 bits per heavy atom. The van der Waals surface area contributed by atoms with Crippen LogP contribution in [-0.2, 0) is 11.3 Å². The lowest BCUT2D eigenvalue weighted by Crippen LogP contribution is -2.05. The molecule has 3 heteroatoms. The van der Waals surface area contributed by atoms with Crippen LogP contribution in [0.4, 0.5) is 0 Å². The van der Waals surface area contributed by atoms with Crippen molar-refractivity contribution in [3.63, 3.8) is 0 Å². The summed E-state index contributed by atoms with van der Waals surface area (Å²) in [5, 5.41) is 1.27. The van der Waals surface area contributed by atoms with E-state index in [4.69, 9.17) is 9.47 Å². The van der Waals surface area contributed by atoms with Crippen molar-refractivity contribution in [3.8, 4) is 17.0 Å². The van der Waals surface area contributed by atoms with Crippen LogP contribution in [0.2, 0.25) is 0 Å². The summed E-state index contributed by atoms with van der Waals surface area (Å²) in [6, 6.07) is 19.0. The van der Waals surface area contributed by atoms with E-state index in [9.17, 15) is 0 Å². The molecule has 4 rings (SSSR count). The topological polar surface area (TPSA) is 26.7 Å². The molecule has 0 amide bonds. The summed E-state index contributed by atoms with van der Waals surface area (Å²) in [5.74, 6) is 0.881. The lowest BCUT2D eigenvalue weighted by molar-refractivity contribution is 0.386. The average Bonchev–Trinajstić information content (AvgIpc) is 3.28. The van der Waals surface area contributed by atoms with Crippen molar-refractivity contribution in [3.05, 3.63) is 54.6 Å². The van der Waals surface area contributed by atoms with Gasteiger partial charge in [0.05, 0.1) is 26.4 Å². The van der Waals surface area contributed by atoms with Gasteiger partial charge in [-0.3, -0.25) is 0 Å². The minimum atomic E-state index is 0.359. The van der Waals surface area contributed by atoms with E-state index in [0.29, 0.717) is 6.10 Å². The molecule has 0 saturated carbocycles. The Morgan fingerprint density at radius 3 is 2.62 bits per heavy atom. The van der Waals surface area contributed by atoms with Gasteiger partial charge in [-0.1, -0.05) is 18.2 Å². The molecule has 3 nitrogen and oxygen atoms in total. The smallest absolute Gasteiger partial charge is 0.118 e. The van der Waals surface area contributed by atoms with Gasteiger partial charge in [0.1, 0.15) is 5.75 Å². The number of ether oxygens (including phenoxy) is 2. The molecule has 1 aliphatic rings. The first-order valence-corrected chi connectivity index (χ1v) is 7.19. The maximum atomic E-state index is 5.42. The SMILES string of the molecule is COc1ccc(-c2cc3ccccc3n2C[C@@H]2CO2)cc1. The first-order chi connectivity index (χ1) is 10.3. The molecule has 2 aromatic carbocycles. The maximum Gasteiger partial charge on any atom is 0.118 e. The van der Waals surface area contributed by atoms with E-state index in [1.165, 1.54) is 22.2 Å². The highest BCUT2D eigenvalue weighted by atomic mass is 16.6. The number of hydrogen-bond donors (Lipinski definition) is 0. The normalized spacial score (nSPS) is 17.1. The standard InChI is InChI=1S/C18H17NO2/c1-20-15-8-6-13(7-9-15)18-10-14-4-2-3-5-17(14)19(18)11-16-12-21-16/h2-10,16H,11-12H2,1H3/t16-/m1/s1. The number of aromatic nitrogens is 1. The molecule has 1 saturated heterocycles. The second-order valence-corrected chi connectivity index (χ2v) is 5.38. The van der Waals surface area contributed by atoms with Crippen LogP contribution in [0.25, 0.3) is 22.2 Å². The van der Waals surface area contributed by atoms with E-state index < -0.39 is 0 Å². The molecule has 0 N–H and O–H groups in total. The Kier molecular flexibility index (Phi) is 2.93. The summed E-state index contributed by atoms with van der Waals surface area (Å²) in [6.07, 6.45) is 0.359. The van der Waals surface area contributed by atoms with Crippen LogP contribution in [0.3, 0.4) is 0 Å². The second kappa shape index (κ2) is 4.93. The highest BCUT2D eigenvalue weighted by Gasteiger charge is 2.25. The largest absolute Gasteiger partial charge is 0.497 e. The van der Waals surface area contributed by atoms with Gasteiger partial charge in [0.25, 0.3) is 0 Å². The Balaban J connectivity index is 1.85. The van der Waals surface area contributed by atoms with E-state index in [-0.39, 0.29) is 0 Å². The molecule has 21 heavy (non-hydrogen) atoms. The second-order valence-electron chi connectivity index (χ2n) is 5.38. The molecule has 2 heterocycles. The fourth-order valence-corrected chi connectivity index (χ4v) is 2.79. The molecule has 0 aliphatic carbocycles. The zero-order chi connectivity index (χ0) is 14.2. The first-order valence-electron chi connectivity index (χ1n) is 7.19. The third-order valence-electron chi connectivity index (χ3n) is 3.98. The predicted octanol–water partition coefficient (Wildman–Crippen LogP) is 3.72. The molecule has 1 aliphatic heterocycles. The molecule has 0 bridgehead atoms. The zero-order valence-corrected chi connectivity index (χ0v) is 12.0. The van der Waals surface area contributed by atoms with Crippen LogP contribution in [0.1, 0.15) is 0 Å². The minimum Gasteiger partial charge on any atom is -0.497 e. The Bertz CT molecular complexity index is 770. The summed E-state index contributed by atoms with van der Waals surface area (Å²) in [7, 11) is 1.69. The Morgan fingerprint density at radius 2 is 1.90 bits per heavy atom. The number of rotatable bonds is 4. The quantitative estimate of drug-likeness (QED) is 0.681. The van der Waals surface area contributed by atoms with Crippen molar-refractivity contribution in [1.29, 1.82) is 0 Å². The first kappa shape index (κ1) is 12.5. The lowest BCUT2D eigenvalue weighted by atomic mass is 10.1. The summed E-state index contributed by atoms with van der Waals surface area (Å²) >= 11 is 0. The van der Waals surface area contributed by atoms with Crippen molar-refractivity contribution in [2.24, 2.45) is 0 Å². The Labute approximate surface area is 123 Å². The lowest BCUT2D eigenvalue weighted by Gasteiger charge is -2.10. The van der Waals surface area contributed by atoms with Gasteiger partial charge in [-0.05, 0) is 42.0 Å². The van der Waals surface area contributed by atoms with Crippen LogP contribution >= 0.6 is 0 Å². The number of para-hydroxylation sites is 1. The number of benzene rings is 2. The van der Waals surface area contributed by atoms with Gasteiger partial charge >= 0.3 is 0 Å². The van der Waals surface area contributed by atoms with Gasteiger partial charge in [0, 0.05) is 16.6 Å². The zero-order valence-electron chi connectivity index (χ0n) is 12.0. The number of hydrogen-bond acceptors (Lipinski definition) is 2. The fraction of sp³-hybridized carbons (Fsp3) is 0.222. The molecule has 0 radical (unpaired) electrons. The summed E-state index contributed by atoms with van der Waals surface area (Å²) in [5.41, 5.74) is 3.70. The van der Waals surface area contributed by atoms with E-state index in [0.717, 1.165) is 18.9 Å². The van der Waals surface area contributed by atoms with Gasteiger partial charge in [0.15, 0.2) is 0 Å². The number of methoxy groups -OCH3 is 1. The predicted molar refractivity (Wildman–Crippen MR) is 83.7 cm³/mol. The molecule has 3 aromatic rings. The molecule has 0 spiro atoms. The van der Waals surface area contributed by atoms with E-state index in [2.05, 4.69) is 47.0 Å². The van der Waals surface area contributed by atoms with Crippen LogP contribution in [0.15, 0.2) is 54.6 Å². The van der Waals surface area contributed by atoms with Gasteiger partial charge in [0.2, 0.25) is 0 Å². The van der Waals surface area contributed by atoms with Crippen LogP contribution in [-0.4, -0.2) is 24.4 Å². The summed E-state index contributed by atoms with van der Waals surface area (Å²) < 4.78 is 13.0. The number of epoxide rings is 1. The van der Waals surface area contributed by atoms with Gasteiger partial charge < -0.3 is 14.0 Å². The molecule has 0 unspecified atom stereocenters. The van der Waals surface area contributed by atoms with Gasteiger partial charge in [-0.15, -0.1) is 0 Å². The number of nitrogens with zero attached hydrogens (tertiary/aromatic N) is 1. The van der Waals surface area contributed by atoms with E-state index in [1.807, 2.05) is 12.1 Å². The van der Waals surface area contributed by atoms with Gasteiger partial charge in [-0.25, -0.2) is 0 Å². The van der Waals surface area contributed by atoms with Crippen molar-refractivity contribution in [2.75, 3.05) is 13.7 Å². The van der Waals surface area contributed by atoms with E-state index in [1.54, 1.807) is 7.11 Å². The van der Waals surface area contributed by atoms with Crippen LogP contribution in [0, 0.1) is 0 Å². The summed E-state index contributed by atoms with van der Waals surface area (Å²) in [6.45, 7) is 1.78. The van der Waals surface area contributed by atoms with Crippen molar-refractivity contribution < 1.29 is 9.47 Å². The molecule has 106 valence electrons. The van der Waals surface area contributed by atoms with Crippen LogP contribution in [0.5, 0.6) is 5.75 Å². The molecular formula is C18H17NO2.